The van der Waals surface area contributed by atoms with Crippen molar-refractivity contribution in [3.8, 4) is 5.75 Å². The van der Waals surface area contributed by atoms with Crippen LogP contribution in [0.3, 0.4) is 0 Å². The molecule has 1 aromatic rings. The molecule has 0 saturated carbocycles. The third-order valence-electron chi connectivity index (χ3n) is 3.87. The van der Waals surface area contributed by atoms with E-state index in [2.05, 4.69) is 0 Å². The molecule has 1 aliphatic heterocycles. The highest BCUT2D eigenvalue weighted by molar-refractivity contribution is 6.37. The molecule has 1 fully saturated rings. The van der Waals surface area contributed by atoms with Crippen molar-refractivity contribution < 1.29 is 9.53 Å². The molecule has 1 aliphatic rings. The summed E-state index contributed by atoms with van der Waals surface area (Å²) in [5, 5.41) is 0.672. The molecule has 0 aromatic heterocycles. The van der Waals surface area contributed by atoms with Crippen molar-refractivity contribution in [2.24, 2.45) is 5.73 Å². The predicted molar refractivity (Wildman–Crippen MR) is 85.3 cm³/mol. The number of nitrogens with two attached hydrogens (primary N) is 1. The van der Waals surface area contributed by atoms with Gasteiger partial charge in [-0.15, -0.1) is 0 Å². The fourth-order valence-corrected chi connectivity index (χ4v) is 3.44. The topological polar surface area (TPSA) is 55.6 Å². The Morgan fingerprint density at radius 3 is 2.52 bits per heavy atom. The quantitative estimate of drug-likeness (QED) is 0.924. The standard InChI is InChI=1S/C15H20Cl2N2O2/c1-9(18)13-5-3-4-6-19(13)15(20)10-7-11(16)14(21-2)12(17)8-10/h7-9,13H,3-6,18H2,1-2H3/t9-,13+/m1/s1. The van der Waals surface area contributed by atoms with Crippen LogP contribution in [-0.2, 0) is 0 Å². The summed E-state index contributed by atoms with van der Waals surface area (Å²) in [6.45, 7) is 2.65. The molecule has 0 bridgehead atoms. The normalized spacial score (nSPS) is 20.2. The molecule has 0 unspecified atom stereocenters. The number of methoxy groups -OCH3 is 1. The number of rotatable bonds is 3. The number of ether oxygens (including phenoxy) is 1. The van der Waals surface area contributed by atoms with Gasteiger partial charge in [-0.1, -0.05) is 23.2 Å². The van der Waals surface area contributed by atoms with Crippen LogP contribution in [0.1, 0.15) is 36.5 Å². The molecule has 1 saturated heterocycles. The third kappa shape index (κ3) is 3.44. The number of carbonyl (C=O) groups is 1. The van der Waals surface area contributed by atoms with Crippen LogP contribution in [0.2, 0.25) is 10.0 Å². The first-order valence-electron chi connectivity index (χ1n) is 7.05. The molecule has 0 spiro atoms. The van der Waals surface area contributed by atoms with Crippen molar-refractivity contribution in [1.82, 2.24) is 4.90 Å². The number of hydrogen-bond acceptors (Lipinski definition) is 3. The Balaban J connectivity index is 2.30. The number of likely N-dealkylation sites (tertiary alicyclic amines) is 1. The minimum atomic E-state index is -0.0801. The number of halogens is 2. The van der Waals surface area contributed by atoms with Crippen molar-refractivity contribution in [2.75, 3.05) is 13.7 Å². The van der Waals surface area contributed by atoms with E-state index >= 15 is 0 Å². The van der Waals surface area contributed by atoms with E-state index in [-0.39, 0.29) is 18.0 Å². The Bertz CT molecular complexity index is 511. The summed E-state index contributed by atoms with van der Waals surface area (Å²) < 4.78 is 5.11. The molecule has 2 atom stereocenters. The summed E-state index contributed by atoms with van der Waals surface area (Å²) >= 11 is 12.2. The Hall–Kier alpha value is -0.970. The Kier molecular flexibility index (Phi) is 5.36. The summed E-state index contributed by atoms with van der Waals surface area (Å²) in [5.74, 6) is 0.306. The van der Waals surface area contributed by atoms with Gasteiger partial charge in [-0.05, 0) is 38.3 Å². The number of amides is 1. The highest BCUT2D eigenvalue weighted by Crippen LogP contribution is 2.34. The van der Waals surface area contributed by atoms with Gasteiger partial charge in [-0.25, -0.2) is 0 Å². The maximum atomic E-state index is 12.7. The summed E-state index contributed by atoms with van der Waals surface area (Å²) in [7, 11) is 1.49. The molecule has 0 aliphatic carbocycles. The zero-order chi connectivity index (χ0) is 15.6. The first-order valence-corrected chi connectivity index (χ1v) is 7.81. The lowest BCUT2D eigenvalue weighted by Crippen LogP contribution is -2.51. The summed E-state index contributed by atoms with van der Waals surface area (Å²) in [6, 6.07) is 3.20. The summed E-state index contributed by atoms with van der Waals surface area (Å²) in [4.78, 5) is 14.6. The number of benzene rings is 1. The lowest BCUT2D eigenvalue weighted by Gasteiger charge is -2.38. The van der Waals surface area contributed by atoms with Crippen LogP contribution < -0.4 is 10.5 Å². The van der Waals surface area contributed by atoms with Gasteiger partial charge in [0.15, 0.2) is 5.75 Å². The molecule has 1 amide bonds. The second-order valence-electron chi connectivity index (χ2n) is 5.39. The largest absolute Gasteiger partial charge is 0.494 e. The molecule has 2 rings (SSSR count). The molecule has 1 aromatic carbocycles. The van der Waals surface area contributed by atoms with E-state index in [4.69, 9.17) is 33.7 Å². The van der Waals surface area contributed by atoms with Crippen LogP contribution in [0.5, 0.6) is 5.75 Å². The van der Waals surface area contributed by atoms with Crippen molar-refractivity contribution >= 4 is 29.1 Å². The molecular formula is C15H20Cl2N2O2. The maximum Gasteiger partial charge on any atom is 0.254 e. The SMILES string of the molecule is COc1c(Cl)cc(C(=O)N2CCCC[C@H]2[C@@H](C)N)cc1Cl. The van der Waals surface area contributed by atoms with Crippen molar-refractivity contribution in [3.63, 3.8) is 0 Å². The lowest BCUT2D eigenvalue weighted by atomic mass is 9.96. The van der Waals surface area contributed by atoms with Gasteiger partial charge in [-0.2, -0.15) is 0 Å². The lowest BCUT2D eigenvalue weighted by molar-refractivity contribution is 0.0584. The smallest absolute Gasteiger partial charge is 0.254 e. The molecule has 4 nitrogen and oxygen atoms in total. The van der Waals surface area contributed by atoms with E-state index in [1.54, 1.807) is 12.1 Å². The average molecular weight is 331 g/mol. The fourth-order valence-electron chi connectivity index (χ4n) is 2.80. The van der Waals surface area contributed by atoms with Crippen LogP contribution in [0.4, 0.5) is 0 Å². The van der Waals surface area contributed by atoms with Gasteiger partial charge in [0.1, 0.15) is 0 Å². The predicted octanol–water partition coefficient (Wildman–Crippen LogP) is 3.34. The van der Waals surface area contributed by atoms with E-state index in [9.17, 15) is 4.79 Å². The second kappa shape index (κ2) is 6.86. The zero-order valence-electron chi connectivity index (χ0n) is 12.2. The van der Waals surface area contributed by atoms with Crippen LogP contribution in [0.15, 0.2) is 12.1 Å². The molecule has 2 N–H and O–H groups in total. The van der Waals surface area contributed by atoms with E-state index in [1.807, 2.05) is 11.8 Å². The summed E-state index contributed by atoms with van der Waals surface area (Å²) in [6.07, 6.45) is 3.02. The van der Waals surface area contributed by atoms with Crippen LogP contribution in [0, 0.1) is 0 Å². The van der Waals surface area contributed by atoms with Crippen LogP contribution in [-0.4, -0.2) is 36.5 Å². The molecule has 1 heterocycles. The number of nitrogens with zero attached hydrogens (tertiary/aromatic N) is 1. The van der Waals surface area contributed by atoms with Gasteiger partial charge >= 0.3 is 0 Å². The van der Waals surface area contributed by atoms with E-state index in [1.165, 1.54) is 7.11 Å². The second-order valence-corrected chi connectivity index (χ2v) is 6.21. The maximum absolute atomic E-state index is 12.7. The van der Waals surface area contributed by atoms with E-state index < -0.39 is 0 Å². The Labute approximate surface area is 135 Å². The molecule has 6 heteroatoms. The monoisotopic (exact) mass is 330 g/mol. The summed E-state index contributed by atoms with van der Waals surface area (Å²) in [5.41, 5.74) is 6.48. The van der Waals surface area contributed by atoms with Crippen molar-refractivity contribution in [1.29, 1.82) is 0 Å². The molecule has 21 heavy (non-hydrogen) atoms. The fraction of sp³-hybridized carbons (Fsp3) is 0.533. The van der Waals surface area contributed by atoms with Gasteiger partial charge in [0.25, 0.3) is 5.91 Å². The molecule has 116 valence electrons. The first-order chi connectivity index (χ1) is 9.95. The van der Waals surface area contributed by atoms with Gasteiger partial charge in [-0.3, -0.25) is 4.79 Å². The minimum Gasteiger partial charge on any atom is -0.494 e. The molecular weight excluding hydrogens is 311 g/mol. The first kappa shape index (κ1) is 16.4. The highest BCUT2D eigenvalue weighted by Gasteiger charge is 2.30. The van der Waals surface area contributed by atoms with Crippen LogP contribution >= 0.6 is 23.2 Å². The van der Waals surface area contributed by atoms with Crippen LogP contribution in [0.25, 0.3) is 0 Å². The number of hydrogen-bond donors (Lipinski definition) is 1. The molecule has 0 radical (unpaired) electrons. The van der Waals surface area contributed by atoms with E-state index in [0.29, 0.717) is 27.9 Å². The van der Waals surface area contributed by atoms with E-state index in [0.717, 1.165) is 19.3 Å². The Morgan fingerprint density at radius 2 is 2.00 bits per heavy atom. The van der Waals surface area contributed by atoms with Gasteiger partial charge in [0.2, 0.25) is 0 Å². The minimum absolute atomic E-state index is 0.0570. The number of piperidine rings is 1. The van der Waals surface area contributed by atoms with Crippen molar-refractivity contribution in [3.05, 3.63) is 27.7 Å². The zero-order valence-corrected chi connectivity index (χ0v) is 13.7. The highest BCUT2D eigenvalue weighted by atomic mass is 35.5. The number of carbonyl (C=O) groups excluding carboxylic acids is 1. The Morgan fingerprint density at radius 1 is 1.38 bits per heavy atom. The van der Waals surface area contributed by atoms with Gasteiger partial charge < -0.3 is 15.4 Å². The average Bonchev–Trinajstić information content (AvgIpc) is 2.46. The van der Waals surface area contributed by atoms with Gasteiger partial charge in [0, 0.05) is 24.2 Å². The third-order valence-corrected chi connectivity index (χ3v) is 4.43. The van der Waals surface area contributed by atoms with Crippen molar-refractivity contribution in [2.45, 2.75) is 38.3 Å². The van der Waals surface area contributed by atoms with Gasteiger partial charge in [0.05, 0.1) is 17.2 Å².